The molecule has 0 saturated carbocycles. The van der Waals surface area contributed by atoms with Gasteiger partial charge in [-0.15, -0.1) is 0 Å². The second kappa shape index (κ2) is 39.5. The lowest BCUT2D eigenvalue weighted by atomic mass is 10.0. The molecule has 0 heterocycles. The van der Waals surface area contributed by atoms with Crippen molar-refractivity contribution < 1.29 is 37.9 Å². The van der Waals surface area contributed by atoms with Gasteiger partial charge in [-0.3, -0.25) is 14.1 Å². The van der Waals surface area contributed by atoms with E-state index in [1.165, 1.54) is 161 Å². The van der Waals surface area contributed by atoms with Crippen LogP contribution >= 0.6 is 7.82 Å². The van der Waals surface area contributed by atoms with Gasteiger partial charge in [-0.25, -0.2) is 4.57 Å². The minimum atomic E-state index is -4.75. The molecular formula is C43H83O8P. The molecule has 0 fully saturated rings. The fraction of sp³-hybridized carbons (Fsp3) is 0.907. The largest absolute Gasteiger partial charge is 0.469 e. The van der Waals surface area contributed by atoms with Crippen molar-refractivity contribution >= 4 is 19.8 Å². The van der Waals surface area contributed by atoms with Crippen LogP contribution < -0.4 is 0 Å². The van der Waals surface area contributed by atoms with Gasteiger partial charge in [0, 0.05) is 12.8 Å². The lowest BCUT2D eigenvalue weighted by molar-refractivity contribution is -0.161. The lowest BCUT2D eigenvalue weighted by Gasteiger charge is -2.18. The molecule has 52 heavy (non-hydrogen) atoms. The number of unbranched alkanes of at least 4 members (excludes halogenated alkanes) is 29. The fourth-order valence-electron chi connectivity index (χ4n) is 6.50. The molecule has 0 spiro atoms. The second-order valence-corrected chi connectivity index (χ2v) is 16.3. The number of carbonyl (C=O) groups is 2. The highest BCUT2D eigenvalue weighted by molar-refractivity contribution is 7.46. The van der Waals surface area contributed by atoms with E-state index in [-0.39, 0.29) is 19.4 Å². The average molecular weight is 759 g/mol. The van der Waals surface area contributed by atoms with E-state index in [0.29, 0.717) is 12.8 Å². The normalized spacial score (nSPS) is 12.5. The maximum absolute atomic E-state index is 12.3. The molecule has 0 aliphatic rings. The maximum atomic E-state index is 12.3. The summed E-state index contributed by atoms with van der Waals surface area (Å²) in [7, 11) is -4.75. The van der Waals surface area contributed by atoms with Gasteiger partial charge >= 0.3 is 19.8 Å². The maximum Gasteiger partial charge on any atom is 0.469 e. The molecule has 0 amide bonds. The van der Waals surface area contributed by atoms with Crippen molar-refractivity contribution in [2.24, 2.45) is 0 Å². The molecule has 1 atom stereocenters. The molecule has 0 rings (SSSR count). The third-order valence-corrected chi connectivity index (χ3v) is 10.3. The van der Waals surface area contributed by atoms with Crippen molar-refractivity contribution in [2.45, 2.75) is 238 Å². The average Bonchev–Trinajstić information content (AvgIpc) is 3.11. The van der Waals surface area contributed by atoms with Crippen LogP contribution in [0.25, 0.3) is 0 Å². The third-order valence-electron chi connectivity index (χ3n) is 9.78. The van der Waals surface area contributed by atoms with Gasteiger partial charge in [0.1, 0.15) is 6.61 Å². The lowest BCUT2D eigenvalue weighted by Crippen LogP contribution is -2.29. The smallest absolute Gasteiger partial charge is 0.462 e. The molecule has 9 heteroatoms. The minimum Gasteiger partial charge on any atom is -0.462 e. The van der Waals surface area contributed by atoms with Crippen molar-refractivity contribution in [3.05, 3.63) is 12.2 Å². The summed E-state index contributed by atoms with van der Waals surface area (Å²) in [5, 5.41) is 0. The highest BCUT2D eigenvalue weighted by atomic mass is 31.2. The number of hydrogen-bond donors (Lipinski definition) is 2. The van der Waals surface area contributed by atoms with Crippen LogP contribution in [0.15, 0.2) is 12.2 Å². The summed E-state index contributed by atoms with van der Waals surface area (Å²) in [6.45, 7) is 3.68. The van der Waals surface area contributed by atoms with Gasteiger partial charge in [-0.1, -0.05) is 199 Å². The first-order valence-corrected chi connectivity index (χ1v) is 23.5. The molecular weight excluding hydrogens is 675 g/mol. The number of ether oxygens (including phenoxy) is 2. The zero-order chi connectivity index (χ0) is 38.2. The number of hydrogen-bond acceptors (Lipinski definition) is 6. The molecule has 0 aromatic heterocycles. The van der Waals surface area contributed by atoms with Gasteiger partial charge in [-0.2, -0.15) is 0 Å². The number of phosphoric acid groups is 1. The van der Waals surface area contributed by atoms with Crippen LogP contribution in [0.4, 0.5) is 0 Å². The Bertz CT molecular complexity index is 858. The quantitative estimate of drug-likeness (QED) is 0.0274. The van der Waals surface area contributed by atoms with Crippen LogP contribution in [-0.2, 0) is 28.2 Å². The molecule has 0 radical (unpaired) electrons. The van der Waals surface area contributed by atoms with Gasteiger partial charge in [0.2, 0.25) is 0 Å². The Morgan fingerprint density at radius 1 is 0.481 bits per heavy atom. The second-order valence-electron chi connectivity index (χ2n) is 15.0. The molecule has 2 N–H and O–H groups in total. The molecule has 0 bridgehead atoms. The van der Waals surface area contributed by atoms with E-state index >= 15 is 0 Å². The Hall–Kier alpha value is -1.21. The number of allylic oxidation sites excluding steroid dienone is 2. The number of carbonyl (C=O) groups excluding carboxylic acids is 2. The van der Waals surface area contributed by atoms with Crippen molar-refractivity contribution in [3.63, 3.8) is 0 Å². The fourth-order valence-corrected chi connectivity index (χ4v) is 6.86. The summed E-state index contributed by atoms with van der Waals surface area (Å²) in [5.41, 5.74) is 0. The molecule has 0 unspecified atom stereocenters. The molecule has 0 aliphatic heterocycles. The minimum absolute atomic E-state index is 0.212. The van der Waals surface area contributed by atoms with E-state index in [0.717, 1.165) is 32.1 Å². The van der Waals surface area contributed by atoms with Crippen LogP contribution in [0, 0.1) is 0 Å². The number of phosphoric ester groups is 1. The molecule has 0 aromatic rings. The first-order chi connectivity index (χ1) is 25.3. The standard InChI is InChI=1S/C43H83O8P/c1-3-5-7-9-11-13-15-16-17-18-19-20-21-22-23-24-25-26-28-29-31-33-35-37-42(44)49-39-41(40-50-52(46,47)48)51-43(45)38-36-34-32-30-27-14-12-10-8-6-4-2/h29,31,41H,3-28,30,32-40H2,1-2H3,(H2,46,47,48)/b31-29+/t41-/m1/s1. The van der Waals surface area contributed by atoms with Crippen LogP contribution in [0.1, 0.15) is 232 Å². The topological polar surface area (TPSA) is 119 Å². The van der Waals surface area contributed by atoms with Gasteiger partial charge in [0.05, 0.1) is 6.61 Å². The zero-order valence-electron chi connectivity index (χ0n) is 34.0. The van der Waals surface area contributed by atoms with E-state index in [2.05, 4.69) is 30.5 Å². The Morgan fingerprint density at radius 2 is 0.827 bits per heavy atom. The number of esters is 2. The van der Waals surface area contributed by atoms with Crippen molar-refractivity contribution in [2.75, 3.05) is 13.2 Å². The Labute approximate surface area is 320 Å². The summed E-state index contributed by atoms with van der Waals surface area (Å²) >= 11 is 0. The van der Waals surface area contributed by atoms with Gasteiger partial charge < -0.3 is 19.3 Å². The predicted octanol–water partition coefficient (Wildman–Crippen LogP) is 13.4. The molecule has 0 aliphatic carbocycles. The van der Waals surface area contributed by atoms with Gasteiger partial charge in [0.25, 0.3) is 0 Å². The summed E-state index contributed by atoms with van der Waals surface area (Å²) in [6, 6.07) is 0. The van der Waals surface area contributed by atoms with Crippen LogP contribution in [0.3, 0.4) is 0 Å². The van der Waals surface area contributed by atoms with E-state index in [1.54, 1.807) is 0 Å². The van der Waals surface area contributed by atoms with Crippen LogP contribution in [0.2, 0.25) is 0 Å². The monoisotopic (exact) mass is 759 g/mol. The van der Waals surface area contributed by atoms with Gasteiger partial charge in [0.15, 0.2) is 6.10 Å². The summed E-state index contributed by atoms with van der Waals surface area (Å²) in [6.07, 6.45) is 43.9. The highest BCUT2D eigenvalue weighted by Crippen LogP contribution is 2.36. The van der Waals surface area contributed by atoms with Crippen LogP contribution in [-0.4, -0.2) is 41.0 Å². The first kappa shape index (κ1) is 50.8. The third kappa shape index (κ3) is 41.5. The van der Waals surface area contributed by atoms with E-state index in [4.69, 9.17) is 19.3 Å². The SMILES string of the molecule is CCCCCCCCCCCCCCCCCCCC/C=C/CCCC(=O)OC[C@H](COP(=O)(O)O)OC(=O)CCCCCCCCCCCCC. The van der Waals surface area contributed by atoms with Gasteiger partial charge in [-0.05, 0) is 32.1 Å². The Balaban J connectivity index is 3.81. The highest BCUT2D eigenvalue weighted by Gasteiger charge is 2.22. The van der Waals surface area contributed by atoms with E-state index in [9.17, 15) is 14.2 Å². The Kier molecular flexibility index (Phi) is 38.6. The van der Waals surface area contributed by atoms with E-state index in [1.807, 2.05) is 0 Å². The number of rotatable bonds is 41. The molecule has 0 saturated heterocycles. The van der Waals surface area contributed by atoms with Crippen LogP contribution in [0.5, 0.6) is 0 Å². The Morgan fingerprint density at radius 3 is 1.23 bits per heavy atom. The summed E-state index contributed by atoms with van der Waals surface area (Å²) in [4.78, 5) is 42.7. The summed E-state index contributed by atoms with van der Waals surface area (Å²) in [5.74, 6) is -0.911. The molecule has 0 aromatic carbocycles. The first-order valence-electron chi connectivity index (χ1n) is 22.0. The molecule has 8 nitrogen and oxygen atoms in total. The zero-order valence-corrected chi connectivity index (χ0v) is 34.9. The van der Waals surface area contributed by atoms with Crippen molar-refractivity contribution in [3.8, 4) is 0 Å². The molecule has 308 valence electrons. The summed E-state index contributed by atoms with van der Waals surface area (Å²) < 4.78 is 26.3. The predicted molar refractivity (Wildman–Crippen MR) is 216 cm³/mol. The van der Waals surface area contributed by atoms with E-state index < -0.39 is 32.5 Å². The van der Waals surface area contributed by atoms with Crippen molar-refractivity contribution in [1.29, 1.82) is 0 Å². The van der Waals surface area contributed by atoms with Crippen molar-refractivity contribution in [1.82, 2.24) is 0 Å².